The van der Waals surface area contributed by atoms with Gasteiger partial charge in [-0.15, -0.1) is 0 Å². The molecule has 2 saturated carbocycles. The fourth-order valence-electron chi connectivity index (χ4n) is 5.19. The molecule has 0 N–H and O–H groups in total. The van der Waals surface area contributed by atoms with Crippen molar-refractivity contribution in [1.29, 1.82) is 0 Å². The topological polar surface area (TPSA) is 57.7 Å². The Hall–Kier alpha value is -2.14. The number of nitrogens with zero attached hydrogens (tertiary/aromatic N) is 1. The van der Waals surface area contributed by atoms with Gasteiger partial charge in [0.15, 0.2) is 5.60 Å². The first-order valence-corrected chi connectivity index (χ1v) is 9.53. The Morgan fingerprint density at radius 1 is 1.12 bits per heavy atom. The highest BCUT2D eigenvalue weighted by atomic mass is 16.6. The zero-order valence-corrected chi connectivity index (χ0v) is 14.7. The smallest absolute Gasteiger partial charge is 0.338 e. The van der Waals surface area contributed by atoms with Crippen molar-refractivity contribution in [2.75, 3.05) is 13.2 Å². The van der Waals surface area contributed by atoms with Gasteiger partial charge in [0.25, 0.3) is 0 Å². The second-order valence-electron chi connectivity index (χ2n) is 7.89. The number of esters is 1. The highest BCUT2D eigenvalue weighted by molar-refractivity contribution is 5.84. The summed E-state index contributed by atoms with van der Waals surface area (Å²) in [5, 5.41) is 0.964. The summed E-state index contributed by atoms with van der Waals surface area (Å²) in [5.41, 5.74) is 0.210. The summed E-state index contributed by atoms with van der Waals surface area (Å²) in [4.78, 5) is 17.0. The molecule has 2 saturated heterocycles. The van der Waals surface area contributed by atoms with Crippen LogP contribution in [-0.2, 0) is 14.3 Å². The van der Waals surface area contributed by atoms with E-state index in [0.717, 1.165) is 42.3 Å². The standard InChI is InChI=1S/C21H23NO4/c23-20(21-12-14-9-15(13-21)11-16(10-14)26-21)25-8-7-24-19-5-6-22-18-4-2-1-3-17(18)19/h1-6,14-16H,7-13H2. The normalized spacial score (nSPS) is 31.9. The first-order valence-electron chi connectivity index (χ1n) is 9.53. The highest BCUT2D eigenvalue weighted by Gasteiger charge is 2.56. The molecular weight excluding hydrogens is 330 g/mol. The Bertz CT molecular complexity index is 793. The Kier molecular flexibility index (Phi) is 3.85. The molecule has 0 radical (unpaired) electrons. The fraction of sp³-hybridized carbons (Fsp3) is 0.524. The molecule has 4 bridgehead atoms. The Morgan fingerprint density at radius 3 is 2.73 bits per heavy atom. The van der Waals surface area contributed by atoms with Gasteiger partial charge in [0, 0.05) is 11.6 Å². The van der Waals surface area contributed by atoms with Crippen molar-refractivity contribution in [3.05, 3.63) is 36.5 Å². The predicted octanol–water partition coefficient (Wildman–Crippen LogP) is 3.50. The number of rotatable bonds is 5. The van der Waals surface area contributed by atoms with Crippen molar-refractivity contribution in [2.24, 2.45) is 11.8 Å². The fourth-order valence-corrected chi connectivity index (χ4v) is 5.19. The Balaban J connectivity index is 1.19. The number of benzene rings is 1. The maximum Gasteiger partial charge on any atom is 0.338 e. The monoisotopic (exact) mass is 353 g/mol. The van der Waals surface area contributed by atoms with Crippen LogP contribution in [0.25, 0.3) is 10.9 Å². The molecule has 6 rings (SSSR count). The zero-order valence-electron chi connectivity index (χ0n) is 14.7. The van der Waals surface area contributed by atoms with E-state index in [-0.39, 0.29) is 18.7 Å². The predicted molar refractivity (Wildman–Crippen MR) is 95.9 cm³/mol. The maximum absolute atomic E-state index is 12.7. The van der Waals surface area contributed by atoms with Gasteiger partial charge in [-0.3, -0.25) is 4.98 Å². The lowest BCUT2D eigenvalue weighted by Gasteiger charge is -2.54. The lowest BCUT2D eigenvalue weighted by atomic mass is 9.62. The van der Waals surface area contributed by atoms with E-state index in [9.17, 15) is 4.79 Å². The van der Waals surface area contributed by atoms with Gasteiger partial charge in [-0.05, 0) is 62.1 Å². The van der Waals surface area contributed by atoms with Crippen molar-refractivity contribution in [3.63, 3.8) is 0 Å². The molecule has 0 spiro atoms. The summed E-state index contributed by atoms with van der Waals surface area (Å²) in [6, 6.07) is 9.68. The molecule has 2 aliphatic carbocycles. The zero-order chi connectivity index (χ0) is 17.6. The molecule has 2 atom stereocenters. The summed E-state index contributed by atoms with van der Waals surface area (Å²) in [6.45, 7) is 0.562. The minimum atomic E-state index is -0.682. The molecular formula is C21H23NO4. The molecule has 2 aliphatic heterocycles. The van der Waals surface area contributed by atoms with Gasteiger partial charge < -0.3 is 14.2 Å². The Morgan fingerprint density at radius 2 is 1.92 bits per heavy atom. The lowest BCUT2D eigenvalue weighted by molar-refractivity contribution is -0.234. The summed E-state index contributed by atoms with van der Waals surface area (Å²) in [6.07, 6.45) is 7.13. The van der Waals surface area contributed by atoms with E-state index < -0.39 is 5.60 Å². The van der Waals surface area contributed by atoms with E-state index in [1.807, 2.05) is 30.3 Å². The first-order chi connectivity index (χ1) is 12.7. The lowest BCUT2D eigenvalue weighted by Crippen LogP contribution is -2.59. The van der Waals surface area contributed by atoms with Gasteiger partial charge >= 0.3 is 5.97 Å². The largest absolute Gasteiger partial charge is 0.489 e. The van der Waals surface area contributed by atoms with Gasteiger partial charge in [-0.1, -0.05) is 12.1 Å². The van der Waals surface area contributed by atoms with Crippen molar-refractivity contribution >= 4 is 16.9 Å². The second-order valence-corrected chi connectivity index (χ2v) is 7.89. The van der Waals surface area contributed by atoms with Crippen molar-refractivity contribution in [2.45, 2.75) is 43.8 Å². The van der Waals surface area contributed by atoms with E-state index in [1.165, 1.54) is 6.42 Å². The SMILES string of the molecule is O=C(OCCOc1ccnc2ccccc12)C12CC3CC(CC(C3)O1)C2. The first kappa shape index (κ1) is 16.1. The number of carbonyl (C=O) groups is 1. The third-order valence-corrected chi connectivity index (χ3v) is 6.04. The second kappa shape index (κ2) is 6.23. The Labute approximate surface area is 152 Å². The molecule has 0 amide bonds. The van der Waals surface area contributed by atoms with Crippen LogP contribution < -0.4 is 4.74 Å². The molecule has 5 heteroatoms. The molecule has 136 valence electrons. The molecule has 3 heterocycles. The van der Waals surface area contributed by atoms with E-state index in [1.54, 1.807) is 6.20 Å². The number of ether oxygens (including phenoxy) is 3. The molecule has 2 unspecified atom stereocenters. The van der Waals surface area contributed by atoms with Crippen LogP contribution in [0.4, 0.5) is 0 Å². The van der Waals surface area contributed by atoms with Gasteiger partial charge in [0.2, 0.25) is 0 Å². The highest BCUT2D eigenvalue weighted by Crippen LogP contribution is 2.53. The molecule has 1 aromatic carbocycles. The third kappa shape index (κ3) is 2.75. The van der Waals surface area contributed by atoms with Crippen LogP contribution in [0.1, 0.15) is 32.1 Å². The van der Waals surface area contributed by atoms with Gasteiger partial charge in [0.1, 0.15) is 19.0 Å². The number of hydrogen-bond donors (Lipinski definition) is 0. The number of carbonyl (C=O) groups excluding carboxylic acids is 1. The minimum Gasteiger partial charge on any atom is -0.489 e. The molecule has 4 aliphatic rings. The van der Waals surface area contributed by atoms with E-state index in [2.05, 4.69) is 4.98 Å². The average Bonchev–Trinajstić information content (AvgIpc) is 2.64. The summed E-state index contributed by atoms with van der Waals surface area (Å²) in [7, 11) is 0. The molecule has 26 heavy (non-hydrogen) atoms. The van der Waals surface area contributed by atoms with Gasteiger partial charge in [-0.25, -0.2) is 4.79 Å². The van der Waals surface area contributed by atoms with Crippen LogP contribution in [0.15, 0.2) is 36.5 Å². The quantitative estimate of drug-likeness (QED) is 0.608. The van der Waals surface area contributed by atoms with Crippen LogP contribution in [0.2, 0.25) is 0 Å². The van der Waals surface area contributed by atoms with Crippen LogP contribution >= 0.6 is 0 Å². The summed E-state index contributed by atoms with van der Waals surface area (Å²) >= 11 is 0. The van der Waals surface area contributed by atoms with Crippen molar-refractivity contribution in [3.8, 4) is 5.75 Å². The van der Waals surface area contributed by atoms with E-state index >= 15 is 0 Å². The molecule has 1 aromatic heterocycles. The molecule has 2 aromatic rings. The molecule has 5 nitrogen and oxygen atoms in total. The number of fused-ring (bicyclic) bond motifs is 1. The van der Waals surface area contributed by atoms with E-state index in [4.69, 9.17) is 14.2 Å². The van der Waals surface area contributed by atoms with Crippen LogP contribution in [0.3, 0.4) is 0 Å². The third-order valence-electron chi connectivity index (χ3n) is 6.04. The van der Waals surface area contributed by atoms with Crippen molar-refractivity contribution in [1.82, 2.24) is 4.98 Å². The summed E-state index contributed by atoms with van der Waals surface area (Å²) < 4.78 is 17.5. The summed E-state index contributed by atoms with van der Waals surface area (Å²) in [5.74, 6) is 1.83. The number of aromatic nitrogens is 1. The number of pyridine rings is 1. The number of para-hydroxylation sites is 1. The van der Waals surface area contributed by atoms with Gasteiger partial charge in [0.05, 0.1) is 11.6 Å². The minimum absolute atomic E-state index is 0.195. The maximum atomic E-state index is 12.7. The van der Waals surface area contributed by atoms with Crippen LogP contribution in [0, 0.1) is 11.8 Å². The van der Waals surface area contributed by atoms with Crippen LogP contribution in [0.5, 0.6) is 5.75 Å². The van der Waals surface area contributed by atoms with Crippen molar-refractivity contribution < 1.29 is 19.0 Å². The molecule has 4 fully saturated rings. The average molecular weight is 353 g/mol. The van der Waals surface area contributed by atoms with E-state index in [0.29, 0.717) is 18.4 Å². The van der Waals surface area contributed by atoms with Crippen LogP contribution in [-0.4, -0.2) is 35.9 Å². The number of hydrogen-bond acceptors (Lipinski definition) is 5. The van der Waals surface area contributed by atoms with Gasteiger partial charge in [-0.2, -0.15) is 0 Å².